The van der Waals surface area contributed by atoms with Crippen molar-refractivity contribution in [2.45, 2.75) is 19.6 Å². The smallest absolute Gasteiger partial charge is 0.375 e. The van der Waals surface area contributed by atoms with E-state index >= 15 is 0 Å². The van der Waals surface area contributed by atoms with E-state index in [2.05, 4.69) is 5.32 Å². The number of halogens is 1. The van der Waals surface area contributed by atoms with Crippen LogP contribution in [-0.4, -0.2) is 24.8 Å². The minimum Gasteiger partial charge on any atom is -0.454 e. The van der Waals surface area contributed by atoms with Crippen molar-refractivity contribution in [3.05, 3.63) is 71.7 Å². The standard InChI is InChI=1S/C22H18FNO6/c1-13(21(25)24-11-14-2-7-18-20(10-14)28-12-27-18)29-22(26)19-9-8-17(30-19)15-3-5-16(23)6-4-15/h2-10,13H,11-12H2,1H3,(H,24,25). The monoisotopic (exact) mass is 411 g/mol. The molecule has 0 aliphatic carbocycles. The third-order valence-electron chi connectivity index (χ3n) is 4.49. The lowest BCUT2D eigenvalue weighted by Gasteiger charge is -2.13. The summed E-state index contributed by atoms with van der Waals surface area (Å²) >= 11 is 0. The average molecular weight is 411 g/mol. The second kappa shape index (κ2) is 8.28. The summed E-state index contributed by atoms with van der Waals surface area (Å²) in [7, 11) is 0. The van der Waals surface area contributed by atoms with Crippen molar-refractivity contribution in [2.75, 3.05) is 6.79 Å². The molecule has 1 aliphatic heterocycles. The van der Waals surface area contributed by atoms with Crippen LogP contribution in [-0.2, 0) is 16.1 Å². The zero-order chi connectivity index (χ0) is 21.1. The number of hydrogen-bond donors (Lipinski definition) is 1. The Labute approximate surface area is 171 Å². The van der Waals surface area contributed by atoms with Crippen LogP contribution in [0.3, 0.4) is 0 Å². The molecule has 30 heavy (non-hydrogen) atoms. The topological polar surface area (TPSA) is 87.0 Å². The van der Waals surface area contributed by atoms with Crippen LogP contribution in [0, 0.1) is 5.82 Å². The Balaban J connectivity index is 1.32. The zero-order valence-corrected chi connectivity index (χ0v) is 16.0. The van der Waals surface area contributed by atoms with E-state index in [1.54, 1.807) is 18.2 Å². The van der Waals surface area contributed by atoms with E-state index in [-0.39, 0.29) is 24.9 Å². The van der Waals surface area contributed by atoms with Crippen molar-refractivity contribution in [1.29, 1.82) is 0 Å². The summed E-state index contributed by atoms with van der Waals surface area (Å²) in [5, 5.41) is 2.70. The van der Waals surface area contributed by atoms with Gasteiger partial charge in [-0.3, -0.25) is 4.79 Å². The van der Waals surface area contributed by atoms with E-state index in [0.29, 0.717) is 22.8 Å². The fourth-order valence-electron chi connectivity index (χ4n) is 2.87. The SMILES string of the molecule is CC(OC(=O)c1ccc(-c2ccc(F)cc2)o1)C(=O)NCc1ccc2c(c1)OCO2. The number of rotatable bonds is 6. The van der Waals surface area contributed by atoms with Gasteiger partial charge in [-0.1, -0.05) is 6.07 Å². The Kier molecular flexibility index (Phi) is 5.38. The first-order chi connectivity index (χ1) is 14.5. The first kappa shape index (κ1) is 19.5. The second-order valence-electron chi connectivity index (χ2n) is 6.62. The van der Waals surface area contributed by atoms with Gasteiger partial charge in [-0.05, 0) is 61.0 Å². The van der Waals surface area contributed by atoms with Gasteiger partial charge < -0.3 is 23.9 Å². The van der Waals surface area contributed by atoms with Gasteiger partial charge in [0.2, 0.25) is 12.6 Å². The maximum Gasteiger partial charge on any atom is 0.375 e. The predicted molar refractivity (Wildman–Crippen MR) is 103 cm³/mol. The van der Waals surface area contributed by atoms with E-state index in [0.717, 1.165) is 5.56 Å². The summed E-state index contributed by atoms with van der Waals surface area (Å²) in [6, 6.07) is 14.0. The second-order valence-corrected chi connectivity index (χ2v) is 6.62. The molecule has 0 radical (unpaired) electrons. The molecule has 8 heteroatoms. The molecule has 2 heterocycles. The van der Waals surface area contributed by atoms with Crippen molar-refractivity contribution >= 4 is 11.9 Å². The molecule has 7 nitrogen and oxygen atoms in total. The molecule has 1 aromatic heterocycles. The van der Waals surface area contributed by atoms with Crippen molar-refractivity contribution in [1.82, 2.24) is 5.32 Å². The molecule has 1 unspecified atom stereocenters. The Bertz CT molecular complexity index is 1080. The van der Waals surface area contributed by atoms with Crippen LogP contribution >= 0.6 is 0 Å². The van der Waals surface area contributed by atoms with E-state index < -0.39 is 18.0 Å². The van der Waals surface area contributed by atoms with Gasteiger partial charge in [0.05, 0.1) is 0 Å². The number of furan rings is 1. The van der Waals surface area contributed by atoms with Gasteiger partial charge in [0, 0.05) is 12.1 Å². The van der Waals surface area contributed by atoms with Crippen molar-refractivity contribution in [3.8, 4) is 22.8 Å². The van der Waals surface area contributed by atoms with Gasteiger partial charge in [0.25, 0.3) is 5.91 Å². The molecule has 4 rings (SSSR count). The third-order valence-corrected chi connectivity index (χ3v) is 4.49. The van der Waals surface area contributed by atoms with E-state index in [9.17, 15) is 14.0 Å². The first-order valence-electron chi connectivity index (χ1n) is 9.22. The average Bonchev–Trinajstić information content (AvgIpc) is 3.41. The number of esters is 1. The fraction of sp³-hybridized carbons (Fsp3) is 0.182. The molecule has 0 fully saturated rings. The van der Waals surface area contributed by atoms with Crippen LogP contribution in [0.1, 0.15) is 23.0 Å². The number of benzene rings is 2. The molecule has 0 saturated carbocycles. The van der Waals surface area contributed by atoms with Gasteiger partial charge in [-0.2, -0.15) is 0 Å². The number of ether oxygens (including phenoxy) is 3. The molecule has 0 spiro atoms. The molecule has 2 aromatic carbocycles. The summed E-state index contributed by atoms with van der Waals surface area (Å²) in [6.07, 6.45) is -1.02. The van der Waals surface area contributed by atoms with E-state index in [4.69, 9.17) is 18.6 Å². The van der Waals surface area contributed by atoms with Gasteiger partial charge in [0.15, 0.2) is 17.6 Å². The molecule has 154 valence electrons. The summed E-state index contributed by atoms with van der Waals surface area (Å²) in [5.41, 5.74) is 1.44. The summed E-state index contributed by atoms with van der Waals surface area (Å²) in [4.78, 5) is 24.5. The lowest BCUT2D eigenvalue weighted by Crippen LogP contribution is -2.35. The van der Waals surface area contributed by atoms with Crippen LogP contribution < -0.4 is 14.8 Å². The number of carbonyl (C=O) groups is 2. The molecule has 1 N–H and O–H groups in total. The van der Waals surface area contributed by atoms with Crippen LogP contribution in [0.2, 0.25) is 0 Å². The van der Waals surface area contributed by atoms with Crippen molar-refractivity contribution < 1.29 is 32.6 Å². The van der Waals surface area contributed by atoms with Gasteiger partial charge in [-0.25, -0.2) is 9.18 Å². The summed E-state index contributed by atoms with van der Waals surface area (Å²) in [6.45, 7) is 1.89. The molecule has 3 aromatic rings. The largest absolute Gasteiger partial charge is 0.454 e. The molecular weight excluding hydrogens is 393 g/mol. The Morgan fingerprint density at radius 1 is 1.07 bits per heavy atom. The number of fused-ring (bicyclic) bond motifs is 1. The number of carbonyl (C=O) groups excluding carboxylic acids is 2. The van der Waals surface area contributed by atoms with Gasteiger partial charge >= 0.3 is 5.97 Å². The Hall–Kier alpha value is -3.81. The van der Waals surface area contributed by atoms with Crippen molar-refractivity contribution in [2.24, 2.45) is 0 Å². The first-order valence-corrected chi connectivity index (χ1v) is 9.22. The summed E-state index contributed by atoms with van der Waals surface area (Å²) in [5.74, 6) is 0.0272. The van der Waals surface area contributed by atoms with Crippen LogP contribution in [0.5, 0.6) is 11.5 Å². The zero-order valence-electron chi connectivity index (χ0n) is 16.0. The minimum absolute atomic E-state index is 0.0512. The molecular formula is C22H18FNO6. The highest BCUT2D eigenvalue weighted by molar-refractivity contribution is 5.90. The Morgan fingerprint density at radius 3 is 2.63 bits per heavy atom. The lowest BCUT2D eigenvalue weighted by atomic mass is 10.2. The number of hydrogen-bond acceptors (Lipinski definition) is 6. The highest BCUT2D eigenvalue weighted by Crippen LogP contribution is 2.32. The number of amides is 1. The van der Waals surface area contributed by atoms with Gasteiger partial charge in [-0.15, -0.1) is 0 Å². The highest BCUT2D eigenvalue weighted by Gasteiger charge is 2.22. The lowest BCUT2D eigenvalue weighted by molar-refractivity contribution is -0.129. The molecule has 0 bridgehead atoms. The van der Waals surface area contributed by atoms with E-state index in [1.165, 1.54) is 37.3 Å². The van der Waals surface area contributed by atoms with Crippen LogP contribution in [0.15, 0.2) is 59.0 Å². The molecule has 1 amide bonds. The maximum atomic E-state index is 13.0. The minimum atomic E-state index is -1.02. The fourth-order valence-corrected chi connectivity index (χ4v) is 2.87. The normalized spacial score (nSPS) is 13.0. The van der Waals surface area contributed by atoms with Crippen LogP contribution in [0.25, 0.3) is 11.3 Å². The maximum absolute atomic E-state index is 13.0. The summed E-state index contributed by atoms with van der Waals surface area (Å²) < 4.78 is 34.2. The van der Waals surface area contributed by atoms with Crippen molar-refractivity contribution in [3.63, 3.8) is 0 Å². The van der Waals surface area contributed by atoms with E-state index in [1.807, 2.05) is 6.07 Å². The van der Waals surface area contributed by atoms with Gasteiger partial charge in [0.1, 0.15) is 11.6 Å². The molecule has 0 saturated heterocycles. The molecule has 1 atom stereocenters. The van der Waals surface area contributed by atoms with Crippen LogP contribution in [0.4, 0.5) is 4.39 Å². The quantitative estimate of drug-likeness (QED) is 0.623. The number of nitrogens with one attached hydrogen (secondary N) is 1. The Morgan fingerprint density at radius 2 is 1.83 bits per heavy atom. The molecule has 1 aliphatic rings. The highest BCUT2D eigenvalue weighted by atomic mass is 19.1. The predicted octanol–water partition coefficient (Wildman–Crippen LogP) is 3.68. The third kappa shape index (κ3) is 4.27.